The molecular formula is C16H26N4O2. The van der Waals surface area contributed by atoms with E-state index in [9.17, 15) is 9.59 Å². The van der Waals surface area contributed by atoms with Crippen LogP contribution in [-0.2, 0) is 6.54 Å². The van der Waals surface area contributed by atoms with Crippen LogP contribution in [0.15, 0.2) is 10.9 Å². The maximum Gasteiger partial charge on any atom is 0.315 e. The quantitative estimate of drug-likeness (QED) is 0.784. The summed E-state index contributed by atoms with van der Waals surface area (Å²) >= 11 is 0. The lowest BCUT2D eigenvalue weighted by Crippen LogP contribution is -2.44. The van der Waals surface area contributed by atoms with Crippen molar-refractivity contribution < 1.29 is 4.79 Å². The lowest BCUT2D eigenvalue weighted by Gasteiger charge is -2.20. The third kappa shape index (κ3) is 4.10. The lowest BCUT2D eigenvalue weighted by molar-refractivity contribution is 0.233. The Morgan fingerprint density at radius 1 is 1.45 bits per heavy atom. The minimum atomic E-state index is -0.213. The van der Waals surface area contributed by atoms with Crippen molar-refractivity contribution in [3.05, 3.63) is 33.2 Å². The second-order valence-electron chi connectivity index (χ2n) is 6.34. The fourth-order valence-corrected chi connectivity index (χ4v) is 2.88. The monoisotopic (exact) mass is 306 g/mol. The number of rotatable bonds is 4. The summed E-state index contributed by atoms with van der Waals surface area (Å²) in [5, 5.41) is 5.76. The summed E-state index contributed by atoms with van der Waals surface area (Å²) in [4.78, 5) is 29.0. The molecule has 3 N–H and O–H groups in total. The van der Waals surface area contributed by atoms with E-state index in [2.05, 4.69) is 34.4 Å². The van der Waals surface area contributed by atoms with Crippen LogP contribution in [0.25, 0.3) is 0 Å². The van der Waals surface area contributed by atoms with Crippen LogP contribution in [0.3, 0.4) is 0 Å². The number of hydrogen-bond donors (Lipinski definition) is 3. The van der Waals surface area contributed by atoms with Gasteiger partial charge in [0, 0.05) is 36.4 Å². The summed E-state index contributed by atoms with van der Waals surface area (Å²) in [6.07, 6.45) is 0.968. The summed E-state index contributed by atoms with van der Waals surface area (Å²) in [5.74, 6) is 0. The third-order valence-corrected chi connectivity index (χ3v) is 4.20. The second-order valence-corrected chi connectivity index (χ2v) is 6.34. The van der Waals surface area contributed by atoms with Gasteiger partial charge in [0.1, 0.15) is 0 Å². The second kappa shape index (κ2) is 6.96. The van der Waals surface area contributed by atoms with E-state index >= 15 is 0 Å². The average molecular weight is 306 g/mol. The van der Waals surface area contributed by atoms with Gasteiger partial charge < -0.3 is 15.6 Å². The first-order chi connectivity index (χ1) is 10.4. The molecule has 2 amide bonds. The molecular weight excluding hydrogens is 280 g/mol. The zero-order valence-corrected chi connectivity index (χ0v) is 13.8. The van der Waals surface area contributed by atoms with E-state index in [-0.39, 0.29) is 24.2 Å². The van der Waals surface area contributed by atoms with Crippen LogP contribution in [0.2, 0.25) is 0 Å². The van der Waals surface area contributed by atoms with Gasteiger partial charge in [-0.3, -0.25) is 9.69 Å². The molecule has 1 fully saturated rings. The molecule has 1 saturated heterocycles. The van der Waals surface area contributed by atoms with Crippen molar-refractivity contribution in [3.63, 3.8) is 0 Å². The number of carbonyl (C=O) groups excluding carboxylic acids is 1. The van der Waals surface area contributed by atoms with Crippen molar-refractivity contribution in [1.29, 1.82) is 0 Å². The van der Waals surface area contributed by atoms with Gasteiger partial charge in [-0.25, -0.2) is 4.79 Å². The van der Waals surface area contributed by atoms with Gasteiger partial charge in [0.25, 0.3) is 5.56 Å². The van der Waals surface area contributed by atoms with Crippen molar-refractivity contribution >= 4 is 6.03 Å². The first-order valence-corrected chi connectivity index (χ1v) is 7.84. The maximum absolute atomic E-state index is 12.0. The summed E-state index contributed by atoms with van der Waals surface area (Å²) in [5.41, 5.74) is 2.20. The van der Waals surface area contributed by atoms with E-state index in [1.165, 1.54) is 0 Å². The van der Waals surface area contributed by atoms with E-state index in [0.717, 1.165) is 30.8 Å². The number of hydrogen-bond acceptors (Lipinski definition) is 3. The molecule has 1 aliphatic rings. The van der Waals surface area contributed by atoms with Crippen molar-refractivity contribution in [2.24, 2.45) is 0 Å². The van der Waals surface area contributed by atoms with Crippen LogP contribution in [0.4, 0.5) is 4.79 Å². The van der Waals surface area contributed by atoms with Gasteiger partial charge >= 0.3 is 6.03 Å². The molecule has 22 heavy (non-hydrogen) atoms. The number of nitrogens with zero attached hydrogens (tertiary/aromatic N) is 1. The smallest absolute Gasteiger partial charge is 0.315 e. The molecule has 0 radical (unpaired) electrons. The molecule has 6 nitrogen and oxygen atoms in total. The standard InChI is InChI=1S/C16H26N4O2/c1-10(2)20-6-5-13(9-20)19-16(22)17-8-14-11(3)7-12(4)18-15(14)21/h7,10,13H,5-6,8-9H2,1-4H3,(H,18,21)(H2,17,19,22). The van der Waals surface area contributed by atoms with Crippen molar-refractivity contribution in [1.82, 2.24) is 20.5 Å². The number of likely N-dealkylation sites (tertiary alicyclic amines) is 1. The number of pyridine rings is 1. The Balaban J connectivity index is 1.85. The molecule has 1 unspecified atom stereocenters. The molecule has 0 saturated carbocycles. The van der Waals surface area contributed by atoms with Gasteiger partial charge in [-0.1, -0.05) is 0 Å². The number of amides is 2. The third-order valence-electron chi connectivity index (χ3n) is 4.20. The largest absolute Gasteiger partial charge is 0.334 e. The van der Waals surface area contributed by atoms with Crippen molar-refractivity contribution in [2.75, 3.05) is 13.1 Å². The zero-order valence-electron chi connectivity index (χ0n) is 13.8. The van der Waals surface area contributed by atoms with E-state index in [4.69, 9.17) is 0 Å². The van der Waals surface area contributed by atoms with Crippen molar-refractivity contribution in [2.45, 2.75) is 52.7 Å². The number of H-pyrrole nitrogens is 1. The molecule has 0 spiro atoms. The van der Waals surface area contributed by atoms with Gasteiger partial charge in [0.2, 0.25) is 0 Å². The summed E-state index contributed by atoms with van der Waals surface area (Å²) < 4.78 is 0. The number of aromatic amines is 1. The fourth-order valence-electron chi connectivity index (χ4n) is 2.88. The first-order valence-electron chi connectivity index (χ1n) is 7.84. The molecule has 1 aromatic rings. The van der Waals surface area contributed by atoms with Gasteiger partial charge in [0.05, 0.1) is 6.54 Å². The maximum atomic E-state index is 12.0. The van der Waals surface area contributed by atoms with Gasteiger partial charge in [-0.15, -0.1) is 0 Å². The van der Waals surface area contributed by atoms with E-state index < -0.39 is 0 Å². The van der Waals surface area contributed by atoms with Crippen LogP contribution >= 0.6 is 0 Å². The Hall–Kier alpha value is -1.82. The summed E-state index contributed by atoms with van der Waals surface area (Å²) in [7, 11) is 0. The summed E-state index contributed by atoms with van der Waals surface area (Å²) in [6.45, 7) is 10.2. The van der Waals surface area contributed by atoms with E-state index in [1.54, 1.807) is 0 Å². The summed E-state index contributed by atoms with van der Waals surface area (Å²) in [6, 6.07) is 2.38. The van der Waals surface area contributed by atoms with Gasteiger partial charge in [-0.05, 0) is 45.7 Å². The molecule has 1 aromatic heterocycles. The number of carbonyl (C=O) groups is 1. The average Bonchev–Trinajstić information content (AvgIpc) is 2.86. The molecule has 0 aromatic carbocycles. The highest BCUT2D eigenvalue weighted by molar-refractivity contribution is 5.74. The zero-order chi connectivity index (χ0) is 16.3. The van der Waals surface area contributed by atoms with Crippen molar-refractivity contribution in [3.8, 4) is 0 Å². The highest BCUT2D eigenvalue weighted by atomic mass is 16.2. The molecule has 2 rings (SSSR count). The molecule has 6 heteroatoms. The number of aryl methyl sites for hydroxylation is 2. The van der Waals surface area contributed by atoms with Crippen LogP contribution in [0, 0.1) is 13.8 Å². The van der Waals surface area contributed by atoms with Crippen LogP contribution in [0.1, 0.15) is 37.1 Å². The molecule has 1 aliphatic heterocycles. The minimum absolute atomic E-state index is 0.135. The molecule has 0 aliphatic carbocycles. The number of urea groups is 1. The van der Waals surface area contributed by atoms with Crippen LogP contribution < -0.4 is 16.2 Å². The number of aromatic nitrogens is 1. The predicted octanol–water partition coefficient (Wildman–Crippen LogP) is 1.27. The highest BCUT2D eigenvalue weighted by Gasteiger charge is 2.25. The van der Waals surface area contributed by atoms with Gasteiger partial charge in [0.15, 0.2) is 0 Å². The van der Waals surface area contributed by atoms with Crippen LogP contribution in [0.5, 0.6) is 0 Å². The first kappa shape index (κ1) is 16.5. The van der Waals surface area contributed by atoms with Crippen LogP contribution in [-0.4, -0.2) is 41.1 Å². The number of nitrogens with one attached hydrogen (secondary N) is 3. The predicted molar refractivity (Wildman–Crippen MR) is 87.0 cm³/mol. The normalized spacial score (nSPS) is 18.7. The van der Waals surface area contributed by atoms with E-state index in [1.807, 2.05) is 19.9 Å². The lowest BCUT2D eigenvalue weighted by atomic mass is 10.1. The minimum Gasteiger partial charge on any atom is -0.334 e. The Morgan fingerprint density at radius 3 is 2.77 bits per heavy atom. The van der Waals surface area contributed by atoms with E-state index in [0.29, 0.717) is 11.6 Å². The highest BCUT2D eigenvalue weighted by Crippen LogP contribution is 2.12. The SMILES string of the molecule is Cc1cc(C)c(CNC(=O)NC2CCN(C(C)C)C2)c(=O)[nH]1. The Labute approximate surface area is 131 Å². The Morgan fingerprint density at radius 2 is 2.18 bits per heavy atom. The topological polar surface area (TPSA) is 77.2 Å². The molecule has 0 bridgehead atoms. The fraction of sp³-hybridized carbons (Fsp3) is 0.625. The Bertz CT molecular complexity index is 594. The molecule has 122 valence electrons. The van der Waals surface area contributed by atoms with Gasteiger partial charge in [-0.2, -0.15) is 0 Å². The molecule has 1 atom stereocenters. The Kier molecular flexibility index (Phi) is 5.24. The molecule has 2 heterocycles.